The summed E-state index contributed by atoms with van der Waals surface area (Å²) in [5.74, 6) is -1.11. The number of rotatable bonds is 7. The lowest BCUT2D eigenvalue weighted by molar-refractivity contribution is -0.169. The predicted molar refractivity (Wildman–Crippen MR) is 86.9 cm³/mol. The maximum atomic E-state index is 11.9. The van der Waals surface area contributed by atoms with E-state index in [1.165, 1.54) is 0 Å². The van der Waals surface area contributed by atoms with Crippen LogP contribution in [-0.2, 0) is 20.9 Å². The largest absolute Gasteiger partial charge is 0.481 e. The lowest BCUT2D eigenvalue weighted by Crippen LogP contribution is -2.22. The second-order valence-electron chi connectivity index (χ2n) is 5.86. The molecular weight excluding hydrogens is 326 g/mol. The summed E-state index contributed by atoms with van der Waals surface area (Å²) in [6.45, 7) is 0.998. The van der Waals surface area contributed by atoms with Crippen molar-refractivity contribution in [2.45, 2.75) is 38.6 Å². The summed E-state index contributed by atoms with van der Waals surface area (Å²) >= 11 is 0. The molecule has 1 aliphatic rings. The first-order valence-electron chi connectivity index (χ1n) is 8.16. The second-order valence-corrected chi connectivity index (χ2v) is 5.86. The van der Waals surface area contributed by atoms with Gasteiger partial charge in [0, 0.05) is 23.8 Å². The zero-order valence-corrected chi connectivity index (χ0v) is 13.6. The van der Waals surface area contributed by atoms with Crippen LogP contribution in [0.4, 0.5) is 0 Å². The molecule has 0 radical (unpaired) electrons. The van der Waals surface area contributed by atoms with Gasteiger partial charge in [0.2, 0.25) is 0 Å². The maximum Gasteiger partial charge on any atom is 0.311 e. The minimum Gasteiger partial charge on any atom is -0.481 e. The maximum absolute atomic E-state index is 11.9. The highest BCUT2D eigenvalue weighted by molar-refractivity contribution is 6.05. The van der Waals surface area contributed by atoms with Crippen LogP contribution in [0.15, 0.2) is 34.9 Å². The Kier molecular flexibility index (Phi) is 5.57. The number of ketones is 1. The number of ether oxygens (including phenoxy) is 2. The van der Waals surface area contributed by atoms with Gasteiger partial charge in [0.25, 0.3) is 0 Å². The Labute approximate surface area is 144 Å². The van der Waals surface area contributed by atoms with E-state index in [2.05, 4.69) is 5.16 Å². The van der Waals surface area contributed by atoms with Gasteiger partial charge in [0.05, 0.1) is 6.61 Å². The van der Waals surface area contributed by atoms with Crippen molar-refractivity contribution in [1.29, 1.82) is 0 Å². The monoisotopic (exact) mass is 345 g/mol. The molecule has 7 nitrogen and oxygen atoms in total. The summed E-state index contributed by atoms with van der Waals surface area (Å²) < 4.78 is 16.5. The number of carboxylic acids is 1. The van der Waals surface area contributed by atoms with Gasteiger partial charge in [-0.05, 0) is 25.3 Å². The first-order chi connectivity index (χ1) is 12.1. The number of carbonyl (C=O) groups excluding carboxylic acids is 1. The van der Waals surface area contributed by atoms with Crippen molar-refractivity contribution < 1.29 is 28.7 Å². The van der Waals surface area contributed by atoms with Gasteiger partial charge in [-0.15, -0.1) is 0 Å². The fourth-order valence-corrected chi connectivity index (χ4v) is 2.62. The minimum atomic E-state index is -1.15. The quantitative estimate of drug-likeness (QED) is 0.608. The third-order valence-corrected chi connectivity index (χ3v) is 3.89. The van der Waals surface area contributed by atoms with E-state index in [0.29, 0.717) is 29.2 Å². The van der Waals surface area contributed by atoms with E-state index in [1.807, 2.05) is 0 Å². The summed E-state index contributed by atoms with van der Waals surface area (Å²) in [5, 5.41) is 12.7. The fourth-order valence-electron chi connectivity index (χ4n) is 2.62. The number of carbonyl (C=O) groups is 2. The number of aromatic nitrogens is 1. The number of hydrogen-bond acceptors (Lipinski definition) is 6. The number of hydrogen-bond donors (Lipinski definition) is 1. The molecule has 1 unspecified atom stereocenters. The summed E-state index contributed by atoms with van der Waals surface area (Å²) in [6.07, 6.45) is 2.28. The predicted octanol–water partition coefficient (Wildman–Crippen LogP) is 3.04. The first kappa shape index (κ1) is 17.3. The van der Waals surface area contributed by atoms with Gasteiger partial charge in [-0.3, -0.25) is 9.59 Å². The van der Waals surface area contributed by atoms with Crippen LogP contribution in [0.25, 0.3) is 11.3 Å². The lowest BCUT2D eigenvalue weighted by Gasteiger charge is -2.21. The fraction of sp³-hybridized carbons (Fsp3) is 0.389. The molecule has 2 heterocycles. The molecule has 7 heteroatoms. The molecule has 1 aliphatic heterocycles. The zero-order chi connectivity index (χ0) is 17.6. The van der Waals surface area contributed by atoms with Gasteiger partial charge in [-0.25, -0.2) is 0 Å². The Balaban J connectivity index is 1.65. The molecule has 1 saturated heterocycles. The molecule has 0 bridgehead atoms. The van der Waals surface area contributed by atoms with E-state index in [4.69, 9.17) is 19.1 Å². The van der Waals surface area contributed by atoms with E-state index in [1.54, 1.807) is 30.3 Å². The highest BCUT2D eigenvalue weighted by Gasteiger charge is 2.16. The molecule has 0 spiro atoms. The molecule has 1 N–H and O–H groups in total. The number of nitrogens with zero attached hydrogens (tertiary/aromatic N) is 1. The molecule has 2 aromatic rings. The summed E-state index contributed by atoms with van der Waals surface area (Å²) in [5.41, 5.74) is 1.61. The Morgan fingerprint density at radius 2 is 2.16 bits per heavy atom. The van der Waals surface area contributed by atoms with Crippen molar-refractivity contribution in [2.75, 3.05) is 6.61 Å². The SMILES string of the molecule is O=C(O)CC(=O)c1cccc(-c2cc(COC3CCCCO3)no2)c1. The average molecular weight is 345 g/mol. The highest BCUT2D eigenvalue weighted by atomic mass is 16.7. The van der Waals surface area contributed by atoms with Crippen LogP contribution in [0, 0.1) is 0 Å². The van der Waals surface area contributed by atoms with E-state index in [9.17, 15) is 9.59 Å². The Bertz CT molecular complexity index is 748. The van der Waals surface area contributed by atoms with Gasteiger partial charge >= 0.3 is 5.97 Å². The van der Waals surface area contributed by atoms with Gasteiger partial charge in [0.1, 0.15) is 12.1 Å². The molecule has 0 amide bonds. The van der Waals surface area contributed by atoms with Gasteiger partial charge in [0.15, 0.2) is 17.8 Å². The molecule has 132 valence electrons. The number of carboxylic acid groups (broad SMARTS) is 1. The van der Waals surface area contributed by atoms with Gasteiger partial charge < -0.3 is 19.1 Å². The first-order valence-corrected chi connectivity index (χ1v) is 8.16. The average Bonchev–Trinajstić information content (AvgIpc) is 3.09. The van der Waals surface area contributed by atoms with Crippen LogP contribution in [0.2, 0.25) is 0 Å². The van der Waals surface area contributed by atoms with Crippen LogP contribution in [-0.4, -0.2) is 34.9 Å². The standard InChI is InChI=1S/C18H19NO6/c20-15(10-17(21)22)12-4-3-5-13(8-12)16-9-14(19-25-16)11-24-18-6-1-2-7-23-18/h3-5,8-9,18H,1-2,6-7,10-11H2,(H,21,22). The van der Waals surface area contributed by atoms with Gasteiger partial charge in [-0.2, -0.15) is 0 Å². The van der Waals surface area contributed by atoms with Crippen LogP contribution in [0.5, 0.6) is 0 Å². The third kappa shape index (κ3) is 4.74. The molecule has 1 aromatic heterocycles. The molecule has 25 heavy (non-hydrogen) atoms. The van der Waals surface area contributed by atoms with Gasteiger partial charge in [-0.1, -0.05) is 23.4 Å². The van der Waals surface area contributed by atoms with E-state index in [-0.39, 0.29) is 12.9 Å². The minimum absolute atomic E-state index is 0.203. The Morgan fingerprint density at radius 1 is 1.28 bits per heavy atom. The summed E-state index contributed by atoms with van der Waals surface area (Å²) in [7, 11) is 0. The van der Waals surface area contributed by atoms with E-state index >= 15 is 0 Å². The van der Waals surface area contributed by atoms with Crippen molar-refractivity contribution in [1.82, 2.24) is 5.16 Å². The van der Waals surface area contributed by atoms with Crippen LogP contribution < -0.4 is 0 Å². The number of Topliss-reactive ketones (excluding diaryl/α,β-unsaturated/α-hetero) is 1. The van der Waals surface area contributed by atoms with Crippen molar-refractivity contribution in [3.63, 3.8) is 0 Å². The van der Waals surface area contributed by atoms with Crippen molar-refractivity contribution in [2.24, 2.45) is 0 Å². The van der Waals surface area contributed by atoms with Crippen LogP contribution in [0.1, 0.15) is 41.7 Å². The normalized spacial score (nSPS) is 17.4. The Hall–Kier alpha value is -2.51. The summed E-state index contributed by atoms with van der Waals surface area (Å²) in [6, 6.07) is 8.37. The lowest BCUT2D eigenvalue weighted by atomic mass is 10.0. The summed E-state index contributed by atoms with van der Waals surface area (Å²) in [4.78, 5) is 22.5. The molecular formula is C18H19NO6. The van der Waals surface area contributed by atoms with Crippen LogP contribution >= 0.6 is 0 Å². The topological polar surface area (TPSA) is 98.9 Å². The Morgan fingerprint density at radius 3 is 2.92 bits per heavy atom. The second kappa shape index (κ2) is 8.04. The smallest absolute Gasteiger partial charge is 0.311 e. The number of aliphatic carboxylic acids is 1. The van der Waals surface area contributed by atoms with E-state index < -0.39 is 18.2 Å². The molecule has 0 aliphatic carbocycles. The molecule has 1 aromatic carbocycles. The zero-order valence-electron chi connectivity index (χ0n) is 13.6. The van der Waals surface area contributed by atoms with Crippen molar-refractivity contribution in [3.05, 3.63) is 41.6 Å². The molecule has 0 saturated carbocycles. The number of benzene rings is 1. The molecule has 3 rings (SSSR count). The van der Waals surface area contributed by atoms with Crippen LogP contribution in [0.3, 0.4) is 0 Å². The van der Waals surface area contributed by atoms with E-state index in [0.717, 1.165) is 19.3 Å². The van der Waals surface area contributed by atoms with Crippen molar-refractivity contribution >= 4 is 11.8 Å². The highest BCUT2D eigenvalue weighted by Crippen LogP contribution is 2.23. The van der Waals surface area contributed by atoms with Crippen molar-refractivity contribution in [3.8, 4) is 11.3 Å². The molecule has 1 fully saturated rings. The molecule has 1 atom stereocenters. The third-order valence-electron chi connectivity index (χ3n) is 3.89.